The molecule has 3 aliphatic rings. The Balaban J connectivity index is 1.54. The van der Waals surface area contributed by atoms with Crippen molar-refractivity contribution in [1.29, 1.82) is 0 Å². The van der Waals surface area contributed by atoms with E-state index in [-0.39, 0.29) is 0 Å². The fourth-order valence-electron chi connectivity index (χ4n) is 4.84. The molecule has 2 aromatic rings. The van der Waals surface area contributed by atoms with Crippen molar-refractivity contribution in [3.63, 3.8) is 0 Å². The first-order valence-corrected chi connectivity index (χ1v) is 9.44. The third-order valence-corrected chi connectivity index (χ3v) is 6.06. The lowest BCUT2D eigenvalue weighted by atomic mass is 9.74. The van der Waals surface area contributed by atoms with E-state index in [1.165, 1.54) is 29.5 Å². The van der Waals surface area contributed by atoms with Crippen molar-refractivity contribution < 1.29 is 0 Å². The van der Waals surface area contributed by atoms with Gasteiger partial charge in [-0.15, -0.1) is 0 Å². The van der Waals surface area contributed by atoms with Crippen LogP contribution in [0.15, 0.2) is 24.3 Å². The molecule has 1 aromatic heterocycles. The summed E-state index contributed by atoms with van der Waals surface area (Å²) in [4.78, 5) is 11.7. The normalized spacial score (nSPS) is 21.2. The van der Waals surface area contributed by atoms with E-state index in [1.807, 2.05) is 0 Å². The molecule has 0 saturated carbocycles. The Morgan fingerprint density at radius 1 is 1.08 bits per heavy atom. The highest BCUT2D eigenvalue weighted by Gasteiger charge is 2.45. The molecule has 0 radical (unpaired) electrons. The number of aromatic nitrogens is 2. The highest BCUT2D eigenvalue weighted by atomic mass is 15.3. The van der Waals surface area contributed by atoms with Crippen molar-refractivity contribution in [2.75, 3.05) is 36.8 Å². The van der Waals surface area contributed by atoms with Crippen LogP contribution in [0.3, 0.4) is 0 Å². The Bertz CT molecular complexity index is 802. The Kier molecular flexibility index (Phi) is 3.45. The van der Waals surface area contributed by atoms with Crippen LogP contribution in [0.4, 0.5) is 11.8 Å². The number of fused-ring (bicyclic) bond motifs is 3. The summed E-state index contributed by atoms with van der Waals surface area (Å²) >= 11 is 0. The standard InChI is InChI=1S/C20H25N5/c21-19-23-17-15-7-2-1-5-14(15)6-3-8-16(17)18(24-19)25-12-20(13-25)9-4-10-22-11-20/h1-2,5,7,22H,3-4,6,8-13H2,(H2,21,23,24). The summed E-state index contributed by atoms with van der Waals surface area (Å²) in [5.74, 6) is 1.48. The van der Waals surface area contributed by atoms with Crippen LogP contribution in [-0.4, -0.2) is 36.1 Å². The number of hydrogen-bond donors (Lipinski definition) is 2. The second kappa shape index (κ2) is 5.70. The molecule has 0 amide bonds. The number of nitrogen functional groups attached to an aromatic ring is 1. The third-order valence-electron chi connectivity index (χ3n) is 6.06. The number of nitrogens with two attached hydrogens (primary N) is 1. The molecule has 5 heteroatoms. The molecular weight excluding hydrogens is 310 g/mol. The molecular formula is C20H25N5. The molecule has 2 fully saturated rings. The zero-order valence-corrected chi connectivity index (χ0v) is 14.6. The van der Waals surface area contributed by atoms with Crippen LogP contribution in [0.25, 0.3) is 11.3 Å². The lowest BCUT2D eigenvalue weighted by molar-refractivity contribution is 0.155. The summed E-state index contributed by atoms with van der Waals surface area (Å²) in [5, 5.41) is 3.56. The Morgan fingerprint density at radius 3 is 2.80 bits per heavy atom. The van der Waals surface area contributed by atoms with E-state index in [0.717, 1.165) is 57.0 Å². The van der Waals surface area contributed by atoms with E-state index in [1.54, 1.807) is 0 Å². The maximum Gasteiger partial charge on any atom is 0.222 e. The van der Waals surface area contributed by atoms with Gasteiger partial charge in [0.1, 0.15) is 5.82 Å². The molecule has 5 nitrogen and oxygen atoms in total. The number of rotatable bonds is 1. The molecule has 25 heavy (non-hydrogen) atoms. The van der Waals surface area contributed by atoms with Crippen molar-refractivity contribution in [3.8, 4) is 11.3 Å². The Hall–Kier alpha value is -2.14. The van der Waals surface area contributed by atoms with Gasteiger partial charge in [-0.1, -0.05) is 24.3 Å². The van der Waals surface area contributed by atoms with Gasteiger partial charge >= 0.3 is 0 Å². The van der Waals surface area contributed by atoms with Gasteiger partial charge in [0.15, 0.2) is 0 Å². The van der Waals surface area contributed by atoms with Gasteiger partial charge in [0, 0.05) is 36.2 Å². The fraction of sp³-hybridized carbons (Fsp3) is 0.500. The van der Waals surface area contributed by atoms with Crippen molar-refractivity contribution >= 4 is 11.8 Å². The fourth-order valence-corrected chi connectivity index (χ4v) is 4.84. The molecule has 0 bridgehead atoms. The summed E-state index contributed by atoms with van der Waals surface area (Å²) in [5.41, 5.74) is 11.5. The predicted octanol–water partition coefficient (Wildman–Crippen LogP) is 2.40. The summed E-state index contributed by atoms with van der Waals surface area (Å²) in [6.07, 6.45) is 5.87. The van der Waals surface area contributed by atoms with Crippen LogP contribution in [0.1, 0.15) is 30.4 Å². The van der Waals surface area contributed by atoms with E-state index >= 15 is 0 Å². The third kappa shape index (κ3) is 2.49. The van der Waals surface area contributed by atoms with Crippen LogP contribution in [-0.2, 0) is 12.8 Å². The molecule has 130 valence electrons. The van der Waals surface area contributed by atoms with Crippen LogP contribution < -0.4 is 16.0 Å². The largest absolute Gasteiger partial charge is 0.368 e. The van der Waals surface area contributed by atoms with E-state index in [9.17, 15) is 0 Å². The zero-order chi connectivity index (χ0) is 16.9. The molecule has 3 N–H and O–H groups in total. The maximum atomic E-state index is 6.12. The summed E-state index contributed by atoms with van der Waals surface area (Å²) in [6.45, 7) is 4.47. The lowest BCUT2D eigenvalue weighted by Gasteiger charge is -2.53. The topological polar surface area (TPSA) is 67.1 Å². The summed E-state index contributed by atoms with van der Waals surface area (Å²) in [6, 6.07) is 8.61. The molecule has 5 rings (SSSR count). The zero-order valence-electron chi connectivity index (χ0n) is 14.6. The highest BCUT2D eigenvalue weighted by Crippen LogP contribution is 2.42. The van der Waals surface area contributed by atoms with Gasteiger partial charge in [0.05, 0.1) is 5.69 Å². The van der Waals surface area contributed by atoms with Crippen molar-refractivity contribution in [2.24, 2.45) is 5.41 Å². The minimum absolute atomic E-state index is 0.396. The highest BCUT2D eigenvalue weighted by molar-refractivity contribution is 5.74. The predicted molar refractivity (Wildman–Crippen MR) is 101 cm³/mol. The van der Waals surface area contributed by atoms with E-state index in [0.29, 0.717) is 11.4 Å². The second-order valence-corrected chi connectivity index (χ2v) is 7.88. The molecule has 0 atom stereocenters. The molecule has 2 aliphatic heterocycles. The second-order valence-electron chi connectivity index (χ2n) is 7.88. The minimum Gasteiger partial charge on any atom is -0.368 e. The Morgan fingerprint density at radius 2 is 1.96 bits per heavy atom. The van der Waals surface area contributed by atoms with Gasteiger partial charge < -0.3 is 16.0 Å². The monoisotopic (exact) mass is 335 g/mol. The number of aryl methyl sites for hydroxylation is 1. The first-order chi connectivity index (χ1) is 12.2. The first kappa shape index (κ1) is 15.1. The molecule has 1 aromatic carbocycles. The van der Waals surface area contributed by atoms with Crippen LogP contribution >= 0.6 is 0 Å². The van der Waals surface area contributed by atoms with E-state index in [2.05, 4.69) is 44.5 Å². The summed E-state index contributed by atoms with van der Waals surface area (Å²) in [7, 11) is 0. The van der Waals surface area contributed by atoms with Gasteiger partial charge in [-0.05, 0) is 44.2 Å². The quantitative estimate of drug-likeness (QED) is 0.838. The number of anilines is 2. The smallest absolute Gasteiger partial charge is 0.222 e. The van der Waals surface area contributed by atoms with Crippen LogP contribution in [0.5, 0.6) is 0 Å². The molecule has 0 unspecified atom stereocenters. The number of hydrogen-bond acceptors (Lipinski definition) is 5. The SMILES string of the molecule is Nc1nc2c(c(N3CC4(CCCNC4)C3)n1)CCCc1ccccc1-2. The van der Waals surface area contributed by atoms with Gasteiger partial charge in [0.25, 0.3) is 0 Å². The number of piperidine rings is 1. The van der Waals surface area contributed by atoms with E-state index < -0.39 is 0 Å². The number of benzene rings is 1. The van der Waals surface area contributed by atoms with Gasteiger partial charge in [-0.25, -0.2) is 4.98 Å². The molecule has 1 spiro atoms. The van der Waals surface area contributed by atoms with E-state index in [4.69, 9.17) is 5.73 Å². The average molecular weight is 335 g/mol. The number of nitrogens with zero attached hydrogens (tertiary/aromatic N) is 3. The molecule has 2 saturated heterocycles. The first-order valence-electron chi connectivity index (χ1n) is 9.44. The lowest BCUT2D eigenvalue weighted by Crippen LogP contribution is -2.62. The average Bonchev–Trinajstić information content (AvgIpc) is 2.79. The number of nitrogens with one attached hydrogen (secondary N) is 1. The van der Waals surface area contributed by atoms with Gasteiger partial charge in [0.2, 0.25) is 5.95 Å². The van der Waals surface area contributed by atoms with Crippen LogP contribution in [0.2, 0.25) is 0 Å². The van der Waals surface area contributed by atoms with Crippen LogP contribution in [0, 0.1) is 5.41 Å². The summed E-state index contributed by atoms with van der Waals surface area (Å²) < 4.78 is 0. The molecule has 1 aliphatic carbocycles. The maximum absolute atomic E-state index is 6.12. The Labute approximate surface area is 148 Å². The van der Waals surface area contributed by atoms with Gasteiger partial charge in [-0.2, -0.15) is 4.98 Å². The minimum atomic E-state index is 0.396. The van der Waals surface area contributed by atoms with Crippen molar-refractivity contribution in [1.82, 2.24) is 15.3 Å². The van der Waals surface area contributed by atoms with Gasteiger partial charge in [-0.3, -0.25) is 0 Å². The van der Waals surface area contributed by atoms with Crippen molar-refractivity contribution in [3.05, 3.63) is 35.4 Å². The molecule has 3 heterocycles. The van der Waals surface area contributed by atoms with Crippen molar-refractivity contribution in [2.45, 2.75) is 32.1 Å².